The van der Waals surface area contributed by atoms with E-state index in [0.29, 0.717) is 25.3 Å². The van der Waals surface area contributed by atoms with Gasteiger partial charge in [0, 0.05) is 32.5 Å². The fourth-order valence-corrected chi connectivity index (χ4v) is 7.66. The zero-order valence-corrected chi connectivity index (χ0v) is 28.3. The Bertz CT molecular complexity index is 931. The molecule has 0 aliphatic heterocycles. The summed E-state index contributed by atoms with van der Waals surface area (Å²) in [6.45, 7) is 11.6. The van der Waals surface area contributed by atoms with Crippen LogP contribution in [-0.4, -0.2) is 39.9 Å². The molecule has 246 valence electrons. The second-order valence-electron chi connectivity index (χ2n) is 13.8. The van der Waals surface area contributed by atoms with Gasteiger partial charge in [-0.15, -0.1) is 5.10 Å². The van der Waals surface area contributed by atoms with Gasteiger partial charge in [0.2, 0.25) is 11.8 Å². The van der Waals surface area contributed by atoms with E-state index in [1.54, 1.807) is 0 Å². The number of carbonyl (C=O) groups is 2. The Kier molecular flexibility index (Phi) is 16.7. The van der Waals surface area contributed by atoms with Crippen molar-refractivity contribution in [3.05, 3.63) is 11.4 Å². The van der Waals surface area contributed by atoms with E-state index in [9.17, 15) is 9.59 Å². The fraction of sp³-hybridized carbons (Fsp3) is 0.889. The molecule has 0 spiro atoms. The lowest BCUT2D eigenvalue weighted by Gasteiger charge is -2.22. The molecular formula is C36H65N5O2. The van der Waals surface area contributed by atoms with Crippen molar-refractivity contribution >= 4 is 11.8 Å². The molecule has 1 heterocycles. The van der Waals surface area contributed by atoms with E-state index in [1.165, 1.54) is 82.0 Å². The van der Waals surface area contributed by atoms with Crippen LogP contribution in [0, 0.1) is 29.6 Å². The van der Waals surface area contributed by atoms with E-state index in [0.717, 1.165) is 81.7 Å². The molecule has 0 radical (unpaired) electrons. The molecule has 0 bridgehead atoms. The number of nitrogens with one attached hydrogen (secondary N) is 2. The zero-order valence-electron chi connectivity index (χ0n) is 28.3. The Balaban J connectivity index is 1.25. The van der Waals surface area contributed by atoms with Crippen molar-refractivity contribution < 1.29 is 9.59 Å². The third-order valence-electron chi connectivity index (χ3n) is 10.6. The molecule has 7 heteroatoms. The summed E-state index contributed by atoms with van der Waals surface area (Å²) >= 11 is 0. The fourth-order valence-electron chi connectivity index (χ4n) is 7.66. The van der Waals surface area contributed by atoms with Gasteiger partial charge in [-0.3, -0.25) is 9.59 Å². The Labute approximate surface area is 263 Å². The number of aromatic nitrogens is 3. The molecule has 3 rings (SSSR count). The number of rotatable bonds is 23. The maximum absolute atomic E-state index is 12.4. The number of fused-ring (bicyclic) bond motifs is 2. The summed E-state index contributed by atoms with van der Waals surface area (Å²) in [6, 6.07) is 0. The van der Waals surface area contributed by atoms with Crippen LogP contribution in [-0.2, 0) is 29.0 Å². The van der Waals surface area contributed by atoms with Crippen LogP contribution in [0.15, 0.2) is 0 Å². The molecule has 2 N–H and O–H groups in total. The van der Waals surface area contributed by atoms with Crippen LogP contribution >= 0.6 is 0 Å². The van der Waals surface area contributed by atoms with Gasteiger partial charge < -0.3 is 10.6 Å². The maximum atomic E-state index is 12.4. The standard InChI is InChI=1S/C36H65N5O2/c1-5-8-10-14-25-37-36(43)24-21-32-30-19-22-33-34(23-20-31(30)32)41(40-39-33)27-15-26-38-35(42)18-13-11-12-16-28(4)29(7-3)17-9-6-2/h28-32H,5-27H2,1-4H3,(H,37,43)(H,38,42). The molecule has 2 amide bonds. The van der Waals surface area contributed by atoms with E-state index >= 15 is 0 Å². The molecular weight excluding hydrogens is 534 g/mol. The molecule has 5 unspecified atom stereocenters. The van der Waals surface area contributed by atoms with Gasteiger partial charge >= 0.3 is 0 Å². The van der Waals surface area contributed by atoms with Gasteiger partial charge in [-0.25, -0.2) is 4.68 Å². The zero-order chi connectivity index (χ0) is 30.9. The van der Waals surface area contributed by atoms with Gasteiger partial charge in [0.05, 0.1) is 11.4 Å². The normalized spacial score (nSPS) is 20.8. The minimum Gasteiger partial charge on any atom is -0.356 e. The van der Waals surface area contributed by atoms with Gasteiger partial charge in [-0.2, -0.15) is 0 Å². The number of carbonyl (C=O) groups excluding carboxylic acids is 2. The molecule has 2 aliphatic rings. The quantitative estimate of drug-likeness (QED) is 0.126. The summed E-state index contributed by atoms with van der Waals surface area (Å²) in [5.74, 6) is 4.30. The highest BCUT2D eigenvalue weighted by Crippen LogP contribution is 2.55. The van der Waals surface area contributed by atoms with E-state index in [4.69, 9.17) is 0 Å². The van der Waals surface area contributed by atoms with Crippen molar-refractivity contribution in [3.63, 3.8) is 0 Å². The predicted octanol–water partition coefficient (Wildman–Crippen LogP) is 7.81. The SMILES string of the molecule is CCCCCCNC(=O)CCC1C2CCc3nnn(CCCNC(=O)CCCCCC(C)C(CC)CCCC)c3CCC12. The smallest absolute Gasteiger partial charge is 0.220 e. The van der Waals surface area contributed by atoms with Crippen LogP contribution in [0.4, 0.5) is 0 Å². The van der Waals surface area contributed by atoms with Crippen molar-refractivity contribution in [2.75, 3.05) is 13.1 Å². The molecule has 1 aromatic heterocycles. The molecule has 1 fully saturated rings. The van der Waals surface area contributed by atoms with Gasteiger partial charge in [0.25, 0.3) is 0 Å². The minimum atomic E-state index is 0.187. The number of hydrogen-bond donors (Lipinski definition) is 2. The van der Waals surface area contributed by atoms with E-state index in [-0.39, 0.29) is 11.8 Å². The molecule has 0 aromatic carbocycles. The Morgan fingerprint density at radius 3 is 2.26 bits per heavy atom. The lowest BCUT2D eigenvalue weighted by molar-refractivity contribution is -0.122. The number of aryl methyl sites for hydroxylation is 2. The van der Waals surface area contributed by atoms with Crippen molar-refractivity contribution in [2.45, 2.75) is 163 Å². The van der Waals surface area contributed by atoms with Crippen LogP contribution in [0.1, 0.15) is 155 Å². The molecule has 1 saturated carbocycles. The number of amides is 2. The first-order valence-electron chi connectivity index (χ1n) is 18.4. The number of hydrogen-bond acceptors (Lipinski definition) is 4. The van der Waals surface area contributed by atoms with Crippen LogP contribution in [0.3, 0.4) is 0 Å². The molecule has 2 aliphatic carbocycles. The average molecular weight is 600 g/mol. The summed E-state index contributed by atoms with van der Waals surface area (Å²) in [7, 11) is 0. The third kappa shape index (κ3) is 12.5. The van der Waals surface area contributed by atoms with E-state index in [1.807, 2.05) is 0 Å². The highest BCUT2D eigenvalue weighted by atomic mass is 16.2. The number of unbranched alkanes of at least 4 members (excludes halogenated alkanes) is 6. The van der Waals surface area contributed by atoms with Gasteiger partial charge in [0.1, 0.15) is 0 Å². The topological polar surface area (TPSA) is 88.9 Å². The summed E-state index contributed by atoms with van der Waals surface area (Å²) in [5, 5.41) is 15.3. The van der Waals surface area contributed by atoms with E-state index < -0.39 is 0 Å². The molecule has 1 aromatic rings. The third-order valence-corrected chi connectivity index (χ3v) is 10.6. The first kappa shape index (κ1) is 35.6. The molecule has 0 saturated heterocycles. The largest absolute Gasteiger partial charge is 0.356 e. The lowest BCUT2D eigenvalue weighted by Crippen LogP contribution is -2.25. The Hall–Kier alpha value is -1.92. The van der Waals surface area contributed by atoms with Crippen LogP contribution < -0.4 is 10.6 Å². The molecule has 5 atom stereocenters. The molecule has 43 heavy (non-hydrogen) atoms. The highest BCUT2D eigenvalue weighted by molar-refractivity contribution is 5.76. The van der Waals surface area contributed by atoms with Gasteiger partial charge in [0.15, 0.2) is 0 Å². The van der Waals surface area contributed by atoms with E-state index in [2.05, 4.69) is 53.3 Å². The monoisotopic (exact) mass is 600 g/mol. The Morgan fingerprint density at radius 2 is 1.51 bits per heavy atom. The van der Waals surface area contributed by atoms with Crippen molar-refractivity contribution in [1.29, 1.82) is 0 Å². The first-order valence-corrected chi connectivity index (χ1v) is 18.4. The molecule has 7 nitrogen and oxygen atoms in total. The van der Waals surface area contributed by atoms with Crippen molar-refractivity contribution in [2.24, 2.45) is 29.6 Å². The number of nitrogens with zero attached hydrogens (tertiary/aromatic N) is 3. The van der Waals surface area contributed by atoms with Crippen molar-refractivity contribution in [1.82, 2.24) is 25.6 Å². The van der Waals surface area contributed by atoms with Crippen LogP contribution in [0.2, 0.25) is 0 Å². The van der Waals surface area contributed by atoms with Crippen LogP contribution in [0.5, 0.6) is 0 Å². The average Bonchev–Trinajstić information content (AvgIpc) is 3.51. The van der Waals surface area contributed by atoms with Crippen molar-refractivity contribution in [3.8, 4) is 0 Å². The van der Waals surface area contributed by atoms with Gasteiger partial charge in [-0.05, 0) is 81.0 Å². The first-order chi connectivity index (χ1) is 21.0. The summed E-state index contributed by atoms with van der Waals surface area (Å²) < 4.78 is 2.09. The summed E-state index contributed by atoms with van der Waals surface area (Å²) in [5.41, 5.74) is 2.47. The highest BCUT2D eigenvalue weighted by Gasteiger charge is 2.49. The summed E-state index contributed by atoms with van der Waals surface area (Å²) in [6.07, 6.45) is 22.4. The second-order valence-corrected chi connectivity index (χ2v) is 13.8. The Morgan fingerprint density at radius 1 is 0.814 bits per heavy atom. The lowest BCUT2D eigenvalue weighted by atomic mass is 9.84. The second kappa shape index (κ2) is 20.2. The minimum absolute atomic E-state index is 0.187. The maximum Gasteiger partial charge on any atom is 0.220 e. The van der Waals surface area contributed by atoms with Crippen LogP contribution in [0.25, 0.3) is 0 Å². The predicted molar refractivity (Wildman–Crippen MR) is 177 cm³/mol. The van der Waals surface area contributed by atoms with Gasteiger partial charge in [-0.1, -0.05) is 97.1 Å². The summed E-state index contributed by atoms with van der Waals surface area (Å²) in [4.78, 5) is 24.7.